The van der Waals surface area contributed by atoms with E-state index in [0.29, 0.717) is 0 Å². The molecular formula is C16H22ClN3O. The van der Waals surface area contributed by atoms with Crippen molar-refractivity contribution in [1.82, 2.24) is 5.32 Å². The van der Waals surface area contributed by atoms with Gasteiger partial charge in [-0.1, -0.05) is 24.9 Å². The monoisotopic (exact) mass is 307 g/mol. The fourth-order valence-electron chi connectivity index (χ4n) is 3.49. The molecule has 0 aliphatic carbocycles. The van der Waals surface area contributed by atoms with E-state index in [0.717, 1.165) is 41.0 Å². The summed E-state index contributed by atoms with van der Waals surface area (Å²) in [4.78, 5) is 14.3. The number of benzene rings is 1. The Labute approximate surface area is 130 Å². The average Bonchev–Trinajstić information content (AvgIpc) is 3.02. The van der Waals surface area contributed by atoms with Crippen molar-refractivity contribution in [3.63, 3.8) is 0 Å². The quantitative estimate of drug-likeness (QED) is 0.898. The summed E-state index contributed by atoms with van der Waals surface area (Å²) in [5.74, 6) is 0.755. The van der Waals surface area contributed by atoms with Crippen LogP contribution in [0.4, 0.5) is 11.4 Å². The SMILES string of the molecule is CCCC1CCN(c2cc3c(cc2Cl)C(NC)C(=O)N3)C1. The maximum absolute atomic E-state index is 11.9. The van der Waals surface area contributed by atoms with Gasteiger partial charge in [0.05, 0.1) is 10.7 Å². The van der Waals surface area contributed by atoms with Crippen molar-refractivity contribution in [3.05, 3.63) is 22.7 Å². The van der Waals surface area contributed by atoms with E-state index in [1.807, 2.05) is 12.1 Å². The van der Waals surface area contributed by atoms with Crippen molar-refractivity contribution in [3.8, 4) is 0 Å². The van der Waals surface area contributed by atoms with Gasteiger partial charge in [-0.05, 0) is 37.9 Å². The van der Waals surface area contributed by atoms with E-state index in [2.05, 4.69) is 22.5 Å². The lowest BCUT2D eigenvalue weighted by molar-refractivity contribution is -0.117. The molecule has 1 saturated heterocycles. The van der Waals surface area contributed by atoms with Crippen LogP contribution >= 0.6 is 11.6 Å². The Balaban J connectivity index is 1.86. The Hall–Kier alpha value is -1.26. The van der Waals surface area contributed by atoms with Crippen LogP contribution in [0.5, 0.6) is 0 Å². The maximum atomic E-state index is 11.9. The van der Waals surface area contributed by atoms with E-state index < -0.39 is 0 Å². The molecule has 21 heavy (non-hydrogen) atoms. The van der Waals surface area contributed by atoms with E-state index in [-0.39, 0.29) is 11.9 Å². The fourth-order valence-corrected chi connectivity index (χ4v) is 3.79. The van der Waals surface area contributed by atoms with E-state index >= 15 is 0 Å². The van der Waals surface area contributed by atoms with Crippen LogP contribution in [-0.4, -0.2) is 26.0 Å². The first-order valence-electron chi connectivity index (χ1n) is 7.70. The normalized spacial score (nSPS) is 24.3. The molecular weight excluding hydrogens is 286 g/mol. The molecule has 0 radical (unpaired) electrons. The minimum atomic E-state index is -0.294. The van der Waals surface area contributed by atoms with Gasteiger partial charge >= 0.3 is 0 Å². The van der Waals surface area contributed by atoms with Gasteiger partial charge in [-0.3, -0.25) is 4.79 Å². The number of nitrogens with one attached hydrogen (secondary N) is 2. The zero-order valence-corrected chi connectivity index (χ0v) is 13.3. The molecule has 0 saturated carbocycles. The number of anilines is 2. The molecule has 3 rings (SSSR count). The van der Waals surface area contributed by atoms with Gasteiger partial charge in [-0.25, -0.2) is 0 Å². The third kappa shape index (κ3) is 2.62. The molecule has 2 N–H and O–H groups in total. The Morgan fingerprint density at radius 1 is 1.48 bits per heavy atom. The topological polar surface area (TPSA) is 44.4 Å². The Kier molecular flexibility index (Phi) is 4.09. The van der Waals surface area contributed by atoms with Crippen molar-refractivity contribution in [2.24, 2.45) is 5.92 Å². The molecule has 1 fully saturated rings. The zero-order chi connectivity index (χ0) is 15.0. The van der Waals surface area contributed by atoms with E-state index in [9.17, 15) is 4.79 Å². The van der Waals surface area contributed by atoms with E-state index in [1.54, 1.807) is 7.05 Å². The first kappa shape index (κ1) is 14.7. The Morgan fingerprint density at radius 2 is 2.29 bits per heavy atom. The summed E-state index contributed by atoms with van der Waals surface area (Å²) < 4.78 is 0. The number of fused-ring (bicyclic) bond motifs is 1. The predicted octanol–water partition coefficient (Wildman–Crippen LogP) is 3.18. The summed E-state index contributed by atoms with van der Waals surface area (Å²) in [6.45, 7) is 4.35. The van der Waals surface area contributed by atoms with Gasteiger partial charge in [-0.2, -0.15) is 0 Å². The molecule has 1 amide bonds. The Bertz CT molecular complexity index is 561. The molecule has 114 valence electrons. The van der Waals surface area contributed by atoms with Crippen molar-refractivity contribution >= 4 is 28.9 Å². The van der Waals surface area contributed by atoms with Gasteiger partial charge in [0.15, 0.2) is 0 Å². The molecule has 4 nitrogen and oxygen atoms in total. The van der Waals surface area contributed by atoms with Crippen LogP contribution in [0.3, 0.4) is 0 Å². The van der Waals surface area contributed by atoms with Crippen molar-refractivity contribution in [1.29, 1.82) is 0 Å². The van der Waals surface area contributed by atoms with E-state index in [4.69, 9.17) is 11.6 Å². The first-order chi connectivity index (χ1) is 10.1. The molecule has 1 aromatic rings. The minimum absolute atomic E-state index is 0.00834. The number of halogens is 1. The van der Waals surface area contributed by atoms with Crippen molar-refractivity contribution < 1.29 is 4.79 Å². The second kappa shape index (κ2) is 5.85. The summed E-state index contributed by atoms with van der Waals surface area (Å²) in [6.07, 6.45) is 3.74. The lowest BCUT2D eigenvalue weighted by Crippen LogP contribution is -2.23. The lowest BCUT2D eigenvalue weighted by Gasteiger charge is -2.21. The molecule has 2 heterocycles. The molecule has 2 aliphatic rings. The van der Waals surface area contributed by atoms with Crippen LogP contribution < -0.4 is 15.5 Å². The molecule has 0 spiro atoms. The van der Waals surface area contributed by atoms with Crippen LogP contribution in [0.15, 0.2) is 12.1 Å². The first-order valence-corrected chi connectivity index (χ1v) is 8.08. The third-order valence-electron chi connectivity index (χ3n) is 4.56. The molecule has 0 aromatic heterocycles. The van der Waals surface area contributed by atoms with Crippen LogP contribution in [0, 0.1) is 5.92 Å². The number of nitrogens with zero attached hydrogens (tertiary/aromatic N) is 1. The van der Waals surface area contributed by atoms with Crippen LogP contribution in [0.1, 0.15) is 37.8 Å². The number of hydrogen-bond donors (Lipinski definition) is 2. The molecule has 2 aliphatic heterocycles. The van der Waals surface area contributed by atoms with Gasteiger partial charge in [0, 0.05) is 24.3 Å². The average molecular weight is 308 g/mol. The number of carbonyl (C=O) groups excluding carboxylic acids is 1. The lowest BCUT2D eigenvalue weighted by atomic mass is 10.0. The van der Waals surface area contributed by atoms with Crippen molar-refractivity contribution in [2.75, 3.05) is 30.4 Å². The highest BCUT2D eigenvalue weighted by atomic mass is 35.5. The minimum Gasteiger partial charge on any atom is -0.370 e. The summed E-state index contributed by atoms with van der Waals surface area (Å²) >= 11 is 6.47. The molecule has 5 heteroatoms. The number of hydrogen-bond acceptors (Lipinski definition) is 3. The molecule has 2 unspecified atom stereocenters. The van der Waals surface area contributed by atoms with Crippen LogP contribution in [0.25, 0.3) is 0 Å². The second-order valence-corrected chi connectivity index (χ2v) is 6.40. The molecule has 2 atom stereocenters. The highest BCUT2D eigenvalue weighted by Gasteiger charge is 2.32. The highest BCUT2D eigenvalue weighted by molar-refractivity contribution is 6.33. The largest absolute Gasteiger partial charge is 0.370 e. The maximum Gasteiger partial charge on any atom is 0.246 e. The number of likely N-dealkylation sites (N-methyl/N-ethyl adjacent to an activating group) is 1. The number of amides is 1. The summed E-state index contributed by atoms with van der Waals surface area (Å²) in [7, 11) is 1.79. The fraction of sp³-hybridized carbons (Fsp3) is 0.562. The molecule has 1 aromatic carbocycles. The Morgan fingerprint density at radius 3 is 3.00 bits per heavy atom. The van der Waals surface area contributed by atoms with E-state index in [1.165, 1.54) is 19.3 Å². The molecule has 0 bridgehead atoms. The van der Waals surface area contributed by atoms with Crippen molar-refractivity contribution in [2.45, 2.75) is 32.2 Å². The summed E-state index contributed by atoms with van der Waals surface area (Å²) in [5, 5.41) is 6.70. The van der Waals surface area contributed by atoms with Gasteiger partial charge < -0.3 is 15.5 Å². The van der Waals surface area contributed by atoms with Gasteiger partial charge in [0.2, 0.25) is 5.91 Å². The van der Waals surface area contributed by atoms with Gasteiger partial charge in [0.25, 0.3) is 0 Å². The second-order valence-electron chi connectivity index (χ2n) is 5.99. The zero-order valence-electron chi connectivity index (χ0n) is 12.6. The number of rotatable bonds is 4. The van der Waals surface area contributed by atoms with Gasteiger partial charge in [-0.15, -0.1) is 0 Å². The smallest absolute Gasteiger partial charge is 0.246 e. The summed E-state index contributed by atoms with van der Waals surface area (Å²) in [6, 6.07) is 3.66. The van der Waals surface area contributed by atoms with Crippen LogP contribution in [0.2, 0.25) is 5.02 Å². The predicted molar refractivity (Wildman–Crippen MR) is 87.1 cm³/mol. The third-order valence-corrected chi connectivity index (χ3v) is 4.86. The highest BCUT2D eigenvalue weighted by Crippen LogP contribution is 2.40. The van der Waals surface area contributed by atoms with Crippen LogP contribution in [-0.2, 0) is 4.79 Å². The standard InChI is InChI=1S/C16H22ClN3O/c1-3-4-10-5-6-20(9-10)14-8-13-11(7-12(14)17)15(18-2)16(21)19-13/h7-8,10,15,18H,3-6,9H2,1-2H3,(H,19,21). The number of carbonyl (C=O) groups is 1. The summed E-state index contributed by atoms with van der Waals surface area (Å²) in [5.41, 5.74) is 2.88. The van der Waals surface area contributed by atoms with Gasteiger partial charge in [0.1, 0.15) is 6.04 Å².